The number of thiazole rings is 1. The first-order chi connectivity index (χ1) is 16.0. The highest BCUT2D eigenvalue weighted by atomic mass is 32.1. The van der Waals surface area contributed by atoms with Crippen molar-refractivity contribution in [1.29, 1.82) is 0 Å². The summed E-state index contributed by atoms with van der Waals surface area (Å²) in [7, 11) is 1.61. The van der Waals surface area contributed by atoms with Crippen molar-refractivity contribution in [1.82, 2.24) is 14.8 Å². The number of aromatic nitrogens is 3. The first kappa shape index (κ1) is 22.2. The zero-order chi connectivity index (χ0) is 23.4. The molecule has 0 aliphatic heterocycles. The van der Waals surface area contributed by atoms with E-state index in [4.69, 9.17) is 9.47 Å². The van der Waals surface area contributed by atoms with Crippen LogP contribution in [0.3, 0.4) is 0 Å². The van der Waals surface area contributed by atoms with Gasteiger partial charge in [-0.3, -0.25) is 9.89 Å². The smallest absolute Gasteiger partial charge is 0.338 e. The van der Waals surface area contributed by atoms with Crippen LogP contribution in [-0.4, -0.2) is 34.5 Å². The average molecular weight is 464 g/mol. The molecule has 0 bridgehead atoms. The summed E-state index contributed by atoms with van der Waals surface area (Å²) in [5, 5.41) is 13.6. The van der Waals surface area contributed by atoms with Gasteiger partial charge in [0.25, 0.3) is 0 Å². The number of benzene rings is 2. The predicted molar refractivity (Wildman–Crippen MR) is 125 cm³/mol. The summed E-state index contributed by atoms with van der Waals surface area (Å²) in [6, 6.07) is 14.0. The number of ether oxygens (including phenoxy) is 2. The van der Waals surface area contributed by atoms with Gasteiger partial charge in [0.05, 0.1) is 36.4 Å². The molecule has 0 fully saturated rings. The predicted octanol–water partition coefficient (Wildman–Crippen LogP) is 5.20. The van der Waals surface area contributed by atoms with Crippen LogP contribution < -0.4 is 10.3 Å². The van der Waals surface area contributed by atoms with Crippen LogP contribution in [0.15, 0.2) is 68.9 Å². The van der Waals surface area contributed by atoms with E-state index in [1.54, 1.807) is 45.2 Å². The Morgan fingerprint density at radius 1 is 1.12 bits per heavy atom. The Bertz CT molecular complexity index is 1350. The third kappa shape index (κ3) is 4.75. The summed E-state index contributed by atoms with van der Waals surface area (Å²) in [5.74, 6) is 0.360. The second-order valence-corrected chi connectivity index (χ2v) is 7.77. The van der Waals surface area contributed by atoms with Gasteiger partial charge in [-0.2, -0.15) is 9.80 Å². The van der Waals surface area contributed by atoms with Gasteiger partial charge in [-0.15, -0.1) is 16.5 Å². The topological polar surface area (TPSA) is 111 Å². The molecule has 1 N–H and O–H groups in total. The number of esters is 1. The van der Waals surface area contributed by atoms with Gasteiger partial charge in [-0.1, -0.05) is 0 Å². The summed E-state index contributed by atoms with van der Waals surface area (Å²) in [4.78, 5) is 29.2. The second-order valence-electron chi connectivity index (χ2n) is 6.94. The number of aryl methyl sites for hydroxylation is 1. The van der Waals surface area contributed by atoms with Gasteiger partial charge in [0, 0.05) is 10.9 Å². The van der Waals surface area contributed by atoms with Gasteiger partial charge in [0.15, 0.2) is 5.69 Å². The summed E-state index contributed by atoms with van der Waals surface area (Å²) in [5.41, 5.74) is 2.99. The van der Waals surface area contributed by atoms with Crippen LogP contribution in [-0.2, 0) is 4.74 Å². The minimum absolute atomic E-state index is 0.186. The van der Waals surface area contributed by atoms with Crippen LogP contribution in [0.2, 0.25) is 0 Å². The monoisotopic (exact) mass is 463 g/mol. The molecule has 4 aromatic rings. The Morgan fingerprint density at radius 3 is 2.52 bits per heavy atom. The van der Waals surface area contributed by atoms with Crippen LogP contribution in [0.4, 0.5) is 11.4 Å². The number of H-pyrrole nitrogens is 1. The SMILES string of the molecule is CCOC(=O)c1ccc(N=Nc2c(C)[nH]n(-c3nc(-c4ccc(OC)cc4)cs3)c2=O)cc1. The first-order valence-electron chi connectivity index (χ1n) is 10.1. The van der Waals surface area contributed by atoms with Crippen molar-refractivity contribution in [3.63, 3.8) is 0 Å². The standard InChI is InChI=1S/C23H21N5O4S/c1-4-32-22(30)16-5-9-17(10-6-16)25-26-20-14(2)27-28(21(20)29)23-24-19(13-33-23)15-7-11-18(31-3)12-8-15/h5-13,27H,4H2,1-3H3. The summed E-state index contributed by atoms with van der Waals surface area (Å²) < 4.78 is 11.5. The molecular weight excluding hydrogens is 442 g/mol. The highest BCUT2D eigenvalue weighted by Crippen LogP contribution is 2.26. The lowest BCUT2D eigenvalue weighted by molar-refractivity contribution is 0.0526. The fraction of sp³-hybridized carbons (Fsp3) is 0.174. The number of carbonyl (C=O) groups is 1. The molecule has 0 radical (unpaired) electrons. The molecule has 2 heterocycles. The van der Waals surface area contributed by atoms with Gasteiger partial charge in [-0.05, 0) is 62.4 Å². The minimum Gasteiger partial charge on any atom is -0.497 e. The summed E-state index contributed by atoms with van der Waals surface area (Å²) in [6.45, 7) is 3.80. The molecule has 0 aliphatic carbocycles. The lowest BCUT2D eigenvalue weighted by atomic mass is 10.2. The molecule has 0 spiro atoms. The Morgan fingerprint density at radius 2 is 1.85 bits per heavy atom. The maximum atomic E-state index is 12.9. The first-order valence-corrected chi connectivity index (χ1v) is 11.0. The molecular formula is C23H21N5O4S. The number of nitrogens with zero attached hydrogens (tertiary/aromatic N) is 4. The third-order valence-corrected chi connectivity index (χ3v) is 5.58. The van der Waals surface area contributed by atoms with Gasteiger partial charge >= 0.3 is 11.5 Å². The van der Waals surface area contributed by atoms with E-state index >= 15 is 0 Å². The fourth-order valence-corrected chi connectivity index (χ4v) is 3.83. The maximum absolute atomic E-state index is 12.9. The highest BCUT2D eigenvalue weighted by Gasteiger charge is 2.15. The van der Waals surface area contributed by atoms with Crippen LogP contribution in [0, 0.1) is 6.92 Å². The van der Waals surface area contributed by atoms with Gasteiger partial charge in [0.1, 0.15) is 5.75 Å². The minimum atomic E-state index is -0.400. The van der Waals surface area contributed by atoms with Crippen molar-refractivity contribution in [2.45, 2.75) is 13.8 Å². The summed E-state index contributed by atoms with van der Waals surface area (Å²) >= 11 is 1.34. The number of hydrogen-bond donors (Lipinski definition) is 1. The van der Waals surface area contributed by atoms with Crippen molar-refractivity contribution < 1.29 is 14.3 Å². The third-order valence-electron chi connectivity index (χ3n) is 4.75. The molecule has 10 heteroatoms. The van der Waals surface area contributed by atoms with Crippen LogP contribution in [0.5, 0.6) is 5.75 Å². The molecule has 4 rings (SSSR count). The van der Waals surface area contributed by atoms with E-state index in [0.29, 0.717) is 28.7 Å². The van der Waals surface area contributed by atoms with Crippen molar-refractivity contribution in [2.75, 3.05) is 13.7 Å². The number of azo groups is 1. The number of hydrogen-bond acceptors (Lipinski definition) is 8. The number of rotatable bonds is 7. The molecule has 2 aromatic heterocycles. The Labute approximate surface area is 193 Å². The Kier molecular flexibility index (Phi) is 6.45. The quantitative estimate of drug-likeness (QED) is 0.299. The molecule has 168 valence electrons. The van der Waals surface area contributed by atoms with Crippen LogP contribution in [0.1, 0.15) is 23.0 Å². The Balaban J connectivity index is 1.55. The molecule has 9 nitrogen and oxygen atoms in total. The van der Waals surface area contributed by atoms with Crippen LogP contribution in [0.25, 0.3) is 16.4 Å². The summed E-state index contributed by atoms with van der Waals surface area (Å²) in [6.07, 6.45) is 0. The van der Waals surface area contributed by atoms with E-state index in [0.717, 1.165) is 17.0 Å². The molecule has 0 unspecified atom stereocenters. The molecule has 0 aliphatic rings. The van der Waals surface area contributed by atoms with Gasteiger partial charge in [-0.25, -0.2) is 9.78 Å². The lowest BCUT2D eigenvalue weighted by Crippen LogP contribution is -2.13. The molecule has 0 atom stereocenters. The van der Waals surface area contributed by atoms with Gasteiger partial charge < -0.3 is 9.47 Å². The molecule has 2 aromatic carbocycles. The molecule has 0 saturated heterocycles. The van der Waals surface area contributed by atoms with E-state index in [1.807, 2.05) is 29.6 Å². The number of nitrogens with one attached hydrogen (secondary N) is 1. The fourth-order valence-electron chi connectivity index (χ4n) is 3.04. The number of aromatic amines is 1. The van der Waals surface area contributed by atoms with Crippen molar-refractivity contribution in [3.05, 3.63) is 75.5 Å². The van der Waals surface area contributed by atoms with E-state index in [9.17, 15) is 9.59 Å². The normalized spacial score (nSPS) is 11.1. The van der Waals surface area contributed by atoms with Crippen molar-refractivity contribution in [2.24, 2.45) is 10.2 Å². The van der Waals surface area contributed by atoms with E-state index < -0.39 is 5.97 Å². The highest BCUT2D eigenvalue weighted by molar-refractivity contribution is 7.12. The van der Waals surface area contributed by atoms with Crippen LogP contribution >= 0.6 is 11.3 Å². The number of carbonyl (C=O) groups excluding carboxylic acids is 1. The average Bonchev–Trinajstić information content (AvgIpc) is 3.43. The van der Waals surface area contributed by atoms with Crippen molar-refractivity contribution >= 4 is 28.7 Å². The zero-order valence-corrected chi connectivity index (χ0v) is 19.0. The van der Waals surface area contributed by atoms with E-state index in [1.165, 1.54) is 16.0 Å². The maximum Gasteiger partial charge on any atom is 0.338 e. The van der Waals surface area contributed by atoms with Gasteiger partial charge in [0.2, 0.25) is 5.13 Å². The lowest BCUT2D eigenvalue weighted by Gasteiger charge is -2.00. The van der Waals surface area contributed by atoms with Crippen molar-refractivity contribution in [3.8, 4) is 22.1 Å². The number of methoxy groups -OCH3 is 1. The van der Waals surface area contributed by atoms with E-state index in [-0.39, 0.29) is 11.2 Å². The zero-order valence-electron chi connectivity index (χ0n) is 18.2. The Hall–Kier alpha value is -4.05. The van der Waals surface area contributed by atoms with E-state index in [2.05, 4.69) is 20.3 Å². The molecule has 33 heavy (non-hydrogen) atoms. The molecule has 0 amide bonds. The second kappa shape index (κ2) is 9.61. The molecule has 0 saturated carbocycles. The largest absolute Gasteiger partial charge is 0.497 e.